The fraction of sp³-hybridized carbons (Fsp3) is 0.429. The lowest BCUT2D eigenvalue weighted by atomic mass is 10.1. The second kappa shape index (κ2) is 6.22. The van der Waals surface area contributed by atoms with E-state index in [2.05, 4.69) is 5.32 Å². The minimum atomic E-state index is -0.485. The van der Waals surface area contributed by atoms with Gasteiger partial charge in [-0.25, -0.2) is 4.39 Å². The Bertz CT molecular complexity index is 536. The lowest BCUT2D eigenvalue weighted by molar-refractivity contribution is -0.134. The lowest BCUT2D eigenvalue weighted by Gasteiger charge is -2.23. The first kappa shape index (κ1) is 14.8. The number of halogens is 2. The number of hydrogen-bond donors (Lipinski definition) is 1. The Labute approximate surface area is 121 Å². The number of amides is 2. The molecule has 2 rings (SSSR count). The minimum absolute atomic E-state index is 0.0333. The molecular weight excluding hydrogens is 283 g/mol. The van der Waals surface area contributed by atoms with E-state index in [0.717, 1.165) is 5.56 Å². The number of carbonyl (C=O) groups is 2. The first-order chi connectivity index (χ1) is 9.51. The normalized spacial score (nSPS) is 19.8. The predicted octanol–water partition coefficient (Wildman–Crippen LogP) is 2.11. The Hall–Kier alpha value is -1.62. The molecule has 1 N–H and O–H groups in total. The molecule has 1 atom stereocenters. The fourth-order valence-electron chi connectivity index (χ4n) is 2.19. The van der Waals surface area contributed by atoms with E-state index in [1.165, 1.54) is 12.1 Å². The van der Waals surface area contributed by atoms with E-state index < -0.39 is 11.9 Å². The maximum Gasteiger partial charge on any atom is 0.245 e. The highest BCUT2D eigenvalue weighted by Gasteiger charge is 2.28. The van der Waals surface area contributed by atoms with Gasteiger partial charge in [-0.15, -0.1) is 0 Å². The van der Waals surface area contributed by atoms with Crippen LogP contribution in [-0.4, -0.2) is 29.3 Å². The molecule has 1 fully saturated rings. The Morgan fingerprint density at radius 2 is 2.20 bits per heavy atom. The van der Waals surface area contributed by atoms with Crippen molar-refractivity contribution in [1.82, 2.24) is 10.2 Å². The average molecular weight is 299 g/mol. The van der Waals surface area contributed by atoms with Crippen molar-refractivity contribution in [3.63, 3.8) is 0 Å². The standard InChI is InChI=1S/C14H16ClFN2O2/c1-2-12-14(20)18(6-5-13(19)17-12)8-9-3-4-11(16)10(15)7-9/h3-4,7,12H,2,5-6,8H2,1H3,(H,17,19). The van der Waals surface area contributed by atoms with E-state index in [4.69, 9.17) is 11.6 Å². The summed E-state index contributed by atoms with van der Waals surface area (Å²) in [7, 11) is 0. The molecule has 20 heavy (non-hydrogen) atoms. The van der Waals surface area contributed by atoms with E-state index >= 15 is 0 Å². The molecule has 6 heteroatoms. The Kier molecular flexibility index (Phi) is 4.60. The van der Waals surface area contributed by atoms with Crippen LogP contribution in [0, 0.1) is 5.82 Å². The van der Waals surface area contributed by atoms with Crippen molar-refractivity contribution in [2.24, 2.45) is 0 Å². The van der Waals surface area contributed by atoms with Crippen LogP contribution in [-0.2, 0) is 16.1 Å². The molecule has 1 aliphatic rings. The SMILES string of the molecule is CCC1NC(=O)CCN(Cc2ccc(F)c(Cl)c2)C1=O. The molecule has 0 spiro atoms. The number of carbonyl (C=O) groups excluding carboxylic acids is 2. The molecule has 108 valence electrons. The molecule has 4 nitrogen and oxygen atoms in total. The molecule has 0 aliphatic carbocycles. The molecule has 0 aromatic heterocycles. The predicted molar refractivity (Wildman–Crippen MR) is 73.7 cm³/mol. The summed E-state index contributed by atoms with van der Waals surface area (Å²) < 4.78 is 13.1. The second-order valence-electron chi connectivity index (χ2n) is 4.79. The summed E-state index contributed by atoms with van der Waals surface area (Å²) >= 11 is 5.73. The number of nitrogens with zero attached hydrogens (tertiary/aromatic N) is 1. The Morgan fingerprint density at radius 1 is 1.45 bits per heavy atom. The van der Waals surface area contributed by atoms with Crippen molar-refractivity contribution in [2.75, 3.05) is 6.54 Å². The summed E-state index contributed by atoms with van der Waals surface area (Å²) in [5, 5.41) is 2.73. The van der Waals surface area contributed by atoms with Crippen molar-refractivity contribution in [2.45, 2.75) is 32.4 Å². The van der Waals surface area contributed by atoms with Crippen LogP contribution in [0.5, 0.6) is 0 Å². The highest BCUT2D eigenvalue weighted by Crippen LogP contribution is 2.18. The third-order valence-corrected chi connectivity index (χ3v) is 3.61. The van der Waals surface area contributed by atoms with E-state index in [1.54, 1.807) is 11.0 Å². The van der Waals surface area contributed by atoms with Crippen molar-refractivity contribution in [3.8, 4) is 0 Å². The molecule has 2 amide bonds. The number of nitrogens with one attached hydrogen (secondary N) is 1. The molecule has 1 saturated heterocycles. The quantitative estimate of drug-likeness (QED) is 0.929. The monoisotopic (exact) mass is 298 g/mol. The van der Waals surface area contributed by atoms with Crippen molar-refractivity contribution >= 4 is 23.4 Å². The van der Waals surface area contributed by atoms with Gasteiger partial charge in [-0.05, 0) is 24.1 Å². The van der Waals surface area contributed by atoms with E-state index in [9.17, 15) is 14.0 Å². The van der Waals surface area contributed by atoms with Crippen LogP contribution in [0.2, 0.25) is 5.02 Å². The minimum Gasteiger partial charge on any atom is -0.344 e. The third kappa shape index (κ3) is 3.28. The Morgan fingerprint density at radius 3 is 2.85 bits per heavy atom. The zero-order chi connectivity index (χ0) is 14.7. The first-order valence-corrected chi connectivity index (χ1v) is 6.91. The van der Waals surface area contributed by atoms with Gasteiger partial charge in [-0.2, -0.15) is 0 Å². The van der Waals surface area contributed by atoms with Gasteiger partial charge in [-0.3, -0.25) is 9.59 Å². The summed E-state index contributed by atoms with van der Waals surface area (Å²) in [6.07, 6.45) is 0.822. The highest BCUT2D eigenvalue weighted by molar-refractivity contribution is 6.30. The van der Waals surface area contributed by atoms with Crippen LogP contribution in [0.3, 0.4) is 0 Å². The molecule has 0 bridgehead atoms. The van der Waals surface area contributed by atoms with Crippen molar-refractivity contribution in [3.05, 3.63) is 34.6 Å². The fourth-order valence-corrected chi connectivity index (χ4v) is 2.39. The van der Waals surface area contributed by atoms with Gasteiger partial charge in [0.2, 0.25) is 11.8 Å². The van der Waals surface area contributed by atoms with Gasteiger partial charge in [0.05, 0.1) is 5.02 Å². The van der Waals surface area contributed by atoms with Crippen molar-refractivity contribution < 1.29 is 14.0 Å². The van der Waals surface area contributed by atoms with E-state index in [0.29, 0.717) is 19.5 Å². The molecule has 1 aromatic rings. The average Bonchev–Trinajstić information content (AvgIpc) is 2.55. The summed E-state index contributed by atoms with van der Waals surface area (Å²) in [5.74, 6) is -0.718. The molecule has 1 unspecified atom stereocenters. The summed E-state index contributed by atoms with van der Waals surface area (Å²) in [6, 6.07) is 3.89. The summed E-state index contributed by atoms with van der Waals surface area (Å²) in [6.45, 7) is 2.53. The molecule has 1 aliphatic heterocycles. The van der Waals surface area contributed by atoms with Gasteiger partial charge in [0.15, 0.2) is 0 Å². The first-order valence-electron chi connectivity index (χ1n) is 6.53. The van der Waals surface area contributed by atoms with Gasteiger partial charge < -0.3 is 10.2 Å². The van der Waals surface area contributed by atoms with Crippen LogP contribution in [0.25, 0.3) is 0 Å². The Balaban J connectivity index is 2.15. The maximum atomic E-state index is 13.1. The zero-order valence-electron chi connectivity index (χ0n) is 11.2. The number of hydrogen-bond acceptors (Lipinski definition) is 2. The van der Waals surface area contributed by atoms with Crippen LogP contribution < -0.4 is 5.32 Å². The maximum absolute atomic E-state index is 13.1. The van der Waals surface area contributed by atoms with Gasteiger partial charge in [0.1, 0.15) is 11.9 Å². The highest BCUT2D eigenvalue weighted by atomic mass is 35.5. The second-order valence-corrected chi connectivity index (χ2v) is 5.19. The largest absolute Gasteiger partial charge is 0.344 e. The molecule has 1 heterocycles. The van der Waals surface area contributed by atoms with Crippen LogP contribution in [0.1, 0.15) is 25.3 Å². The zero-order valence-corrected chi connectivity index (χ0v) is 11.9. The van der Waals surface area contributed by atoms with Gasteiger partial charge in [0.25, 0.3) is 0 Å². The van der Waals surface area contributed by atoms with Crippen LogP contribution in [0.15, 0.2) is 18.2 Å². The van der Waals surface area contributed by atoms with E-state index in [1.807, 2.05) is 6.92 Å². The lowest BCUT2D eigenvalue weighted by Crippen LogP contribution is -2.43. The van der Waals surface area contributed by atoms with Gasteiger partial charge in [-0.1, -0.05) is 24.6 Å². The molecule has 0 saturated carbocycles. The van der Waals surface area contributed by atoms with Gasteiger partial charge in [0, 0.05) is 19.5 Å². The third-order valence-electron chi connectivity index (χ3n) is 3.32. The van der Waals surface area contributed by atoms with Crippen LogP contribution >= 0.6 is 11.6 Å². The van der Waals surface area contributed by atoms with E-state index in [-0.39, 0.29) is 23.3 Å². The van der Waals surface area contributed by atoms with Crippen molar-refractivity contribution in [1.29, 1.82) is 0 Å². The van der Waals surface area contributed by atoms with Gasteiger partial charge >= 0.3 is 0 Å². The molecule has 0 radical (unpaired) electrons. The topological polar surface area (TPSA) is 49.4 Å². The number of rotatable bonds is 3. The molecular formula is C14H16ClFN2O2. The summed E-state index contributed by atoms with van der Waals surface area (Å²) in [5.41, 5.74) is 0.744. The smallest absolute Gasteiger partial charge is 0.245 e. The molecule has 1 aromatic carbocycles. The van der Waals surface area contributed by atoms with Crippen LogP contribution in [0.4, 0.5) is 4.39 Å². The number of benzene rings is 1. The summed E-state index contributed by atoms with van der Waals surface area (Å²) in [4.78, 5) is 25.4.